The number of rotatable bonds is 8. The lowest BCUT2D eigenvalue weighted by Gasteiger charge is -2.30. The Kier molecular flexibility index (Phi) is 6.49. The van der Waals surface area contributed by atoms with Crippen molar-refractivity contribution < 1.29 is 14.3 Å². The molecule has 0 radical (unpaired) electrons. The molecule has 0 spiro atoms. The normalized spacial score (nSPS) is 11.2. The predicted molar refractivity (Wildman–Crippen MR) is 84.0 cm³/mol. The lowest BCUT2D eigenvalue weighted by atomic mass is 10.2. The van der Waals surface area contributed by atoms with Gasteiger partial charge in [0.1, 0.15) is 6.61 Å². The summed E-state index contributed by atoms with van der Waals surface area (Å²) in [6, 6.07) is 5.89. The Balaban J connectivity index is 2.69. The van der Waals surface area contributed by atoms with E-state index in [4.69, 9.17) is 15.2 Å². The number of amides is 1. The van der Waals surface area contributed by atoms with Crippen LogP contribution in [-0.2, 0) is 0 Å². The molecule has 0 saturated carbocycles. The Morgan fingerprint density at radius 1 is 1.19 bits per heavy atom. The molecular weight excluding hydrogens is 268 g/mol. The first-order valence-electron chi connectivity index (χ1n) is 7.23. The number of nitrogens with two attached hydrogens (primary N) is 1. The minimum Gasteiger partial charge on any atom is -0.493 e. The standard InChI is InChI=1S/C16H26N2O3/c1-11(2)18(12(3)4)8-9-21-14-7-6-13(16(17)19)10-15(14)20-5/h6-7,10-12H,8-9H2,1-5H3,(H2,17,19). The van der Waals surface area contributed by atoms with E-state index in [1.54, 1.807) is 25.3 Å². The number of methoxy groups -OCH3 is 1. The highest BCUT2D eigenvalue weighted by Gasteiger charge is 2.14. The van der Waals surface area contributed by atoms with Crippen molar-refractivity contribution in [3.63, 3.8) is 0 Å². The number of primary amides is 1. The smallest absolute Gasteiger partial charge is 0.248 e. The molecule has 1 aromatic rings. The SMILES string of the molecule is COc1cc(C(N)=O)ccc1OCCN(C(C)C)C(C)C. The van der Waals surface area contributed by atoms with Gasteiger partial charge in [0.15, 0.2) is 11.5 Å². The molecule has 21 heavy (non-hydrogen) atoms. The average Bonchev–Trinajstić information content (AvgIpc) is 2.42. The van der Waals surface area contributed by atoms with Gasteiger partial charge in [-0.1, -0.05) is 0 Å². The fourth-order valence-corrected chi connectivity index (χ4v) is 2.31. The van der Waals surface area contributed by atoms with Crippen LogP contribution in [0.5, 0.6) is 11.5 Å². The molecule has 2 N–H and O–H groups in total. The van der Waals surface area contributed by atoms with E-state index in [0.29, 0.717) is 35.8 Å². The summed E-state index contributed by atoms with van der Waals surface area (Å²) in [4.78, 5) is 13.5. The van der Waals surface area contributed by atoms with Crippen LogP contribution in [0.3, 0.4) is 0 Å². The van der Waals surface area contributed by atoms with Crippen LogP contribution >= 0.6 is 0 Å². The molecule has 5 heteroatoms. The van der Waals surface area contributed by atoms with Crippen LogP contribution in [0.25, 0.3) is 0 Å². The molecule has 0 atom stereocenters. The maximum absolute atomic E-state index is 11.2. The number of benzene rings is 1. The van der Waals surface area contributed by atoms with Gasteiger partial charge in [-0.3, -0.25) is 9.69 Å². The lowest BCUT2D eigenvalue weighted by molar-refractivity contribution is 0.0999. The highest BCUT2D eigenvalue weighted by atomic mass is 16.5. The second-order valence-corrected chi connectivity index (χ2v) is 5.50. The third kappa shape index (κ3) is 4.93. The van der Waals surface area contributed by atoms with Gasteiger partial charge in [0, 0.05) is 24.2 Å². The number of ether oxygens (including phenoxy) is 2. The molecule has 0 unspecified atom stereocenters. The third-order valence-corrected chi connectivity index (χ3v) is 3.38. The van der Waals surface area contributed by atoms with Crippen molar-refractivity contribution in [2.45, 2.75) is 39.8 Å². The Morgan fingerprint density at radius 3 is 2.29 bits per heavy atom. The fraction of sp³-hybridized carbons (Fsp3) is 0.562. The van der Waals surface area contributed by atoms with Crippen LogP contribution in [0, 0.1) is 0 Å². The van der Waals surface area contributed by atoms with E-state index in [9.17, 15) is 4.79 Å². The first-order valence-corrected chi connectivity index (χ1v) is 7.23. The third-order valence-electron chi connectivity index (χ3n) is 3.38. The van der Waals surface area contributed by atoms with Crippen LogP contribution in [0.4, 0.5) is 0 Å². The molecule has 1 rings (SSSR count). The molecule has 0 aliphatic rings. The fourth-order valence-electron chi connectivity index (χ4n) is 2.31. The Morgan fingerprint density at radius 2 is 1.81 bits per heavy atom. The summed E-state index contributed by atoms with van der Waals surface area (Å²) in [5, 5.41) is 0. The van der Waals surface area contributed by atoms with Gasteiger partial charge in [-0.25, -0.2) is 0 Å². The van der Waals surface area contributed by atoms with Crippen molar-refractivity contribution in [2.24, 2.45) is 5.73 Å². The molecule has 0 saturated heterocycles. The molecule has 0 heterocycles. The van der Waals surface area contributed by atoms with Crippen molar-refractivity contribution in [3.8, 4) is 11.5 Å². The monoisotopic (exact) mass is 294 g/mol. The summed E-state index contributed by atoms with van der Waals surface area (Å²) in [5.74, 6) is 0.660. The van der Waals surface area contributed by atoms with Gasteiger partial charge < -0.3 is 15.2 Å². The zero-order chi connectivity index (χ0) is 16.0. The van der Waals surface area contributed by atoms with Crippen molar-refractivity contribution in [2.75, 3.05) is 20.3 Å². The molecular formula is C16H26N2O3. The number of hydrogen-bond acceptors (Lipinski definition) is 4. The van der Waals surface area contributed by atoms with E-state index in [0.717, 1.165) is 6.54 Å². The van der Waals surface area contributed by atoms with Gasteiger partial charge >= 0.3 is 0 Å². The predicted octanol–water partition coefficient (Wildman–Crippen LogP) is 2.29. The van der Waals surface area contributed by atoms with E-state index >= 15 is 0 Å². The van der Waals surface area contributed by atoms with Crippen LogP contribution < -0.4 is 15.2 Å². The van der Waals surface area contributed by atoms with Crippen molar-refractivity contribution >= 4 is 5.91 Å². The lowest BCUT2D eigenvalue weighted by Crippen LogP contribution is -2.39. The summed E-state index contributed by atoms with van der Waals surface area (Å²) in [7, 11) is 1.54. The highest BCUT2D eigenvalue weighted by Crippen LogP contribution is 2.28. The Hall–Kier alpha value is -1.75. The molecule has 1 aromatic carbocycles. The van der Waals surface area contributed by atoms with Gasteiger partial charge in [-0.15, -0.1) is 0 Å². The maximum atomic E-state index is 11.2. The van der Waals surface area contributed by atoms with Crippen molar-refractivity contribution in [1.29, 1.82) is 0 Å². The molecule has 0 aliphatic carbocycles. The zero-order valence-corrected chi connectivity index (χ0v) is 13.6. The van der Waals surface area contributed by atoms with Crippen LogP contribution in [0.1, 0.15) is 38.1 Å². The van der Waals surface area contributed by atoms with Crippen LogP contribution in [0.2, 0.25) is 0 Å². The summed E-state index contributed by atoms with van der Waals surface area (Å²) >= 11 is 0. The molecule has 0 bridgehead atoms. The summed E-state index contributed by atoms with van der Waals surface area (Å²) in [6.45, 7) is 10.1. The number of hydrogen-bond donors (Lipinski definition) is 1. The number of nitrogens with zero attached hydrogens (tertiary/aromatic N) is 1. The molecule has 5 nitrogen and oxygen atoms in total. The number of carbonyl (C=O) groups excluding carboxylic acids is 1. The first-order chi connectivity index (χ1) is 9.86. The van der Waals surface area contributed by atoms with E-state index in [-0.39, 0.29) is 0 Å². The minimum atomic E-state index is -0.481. The minimum absolute atomic E-state index is 0.408. The second kappa shape index (κ2) is 7.88. The van der Waals surface area contributed by atoms with Gasteiger partial charge in [0.2, 0.25) is 5.91 Å². The van der Waals surface area contributed by atoms with Crippen molar-refractivity contribution in [3.05, 3.63) is 23.8 Å². The maximum Gasteiger partial charge on any atom is 0.248 e. The summed E-state index contributed by atoms with van der Waals surface area (Å²) < 4.78 is 11.0. The quantitative estimate of drug-likeness (QED) is 0.799. The number of carbonyl (C=O) groups is 1. The van der Waals surface area contributed by atoms with Crippen molar-refractivity contribution in [1.82, 2.24) is 4.90 Å². The van der Waals surface area contributed by atoms with E-state index in [2.05, 4.69) is 32.6 Å². The molecule has 118 valence electrons. The van der Waals surface area contributed by atoms with Gasteiger partial charge in [0.05, 0.1) is 7.11 Å². The van der Waals surface area contributed by atoms with Gasteiger partial charge in [0.25, 0.3) is 0 Å². The molecule has 0 fully saturated rings. The highest BCUT2D eigenvalue weighted by molar-refractivity contribution is 5.93. The Labute approximate surface area is 127 Å². The van der Waals surface area contributed by atoms with Gasteiger partial charge in [-0.2, -0.15) is 0 Å². The van der Waals surface area contributed by atoms with Gasteiger partial charge in [-0.05, 0) is 45.9 Å². The molecule has 0 aliphatic heterocycles. The van der Waals surface area contributed by atoms with Crippen LogP contribution in [0.15, 0.2) is 18.2 Å². The zero-order valence-electron chi connectivity index (χ0n) is 13.6. The molecule has 0 aromatic heterocycles. The van der Waals surface area contributed by atoms with Crippen LogP contribution in [-0.4, -0.2) is 43.2 Å². The Bertz CT molecular complexity index is 465. The first kappa shape index (κ1) is 17.3. The summed E-state index contributed by atoms with van der Waals surface area (Å²) in [5.41, 5.74) is 5.66. The van der Waals surface area contributed by atoms with E-state index in [1.807, 2.05) is 0 Å². The summed E-state index contributed by atoms with van der Waals surface area (Å²) in [6.07, 6.45) is 0. The van der Waals surface area contributed by atoms with E-state index in [1.165, 1.54) is 0 Å². The average molecular weight is 294 g/mol. The second-order valence-electron chi connectivity index (χ2n) is 5.50. The van der Waals surface area contributed by atoms with E-state index < -0.39 is 5.91 Å². The largest absolute Gasteiger partial charge is 0.493 e. The molecule has 1 amide bonds. The topological polar surface area (TPSA) is 64.8 Å².